The van der Waals surface area contributed by atoms with Crippen LogP contribution in [0.15, 0.2) is 41.2 Å². The standard InChI is InChI=1S/C22H28N3O3.C8H2Cl2N2O2/c1-14-6-18(25(3)4)9-20(28-5)21(14)19(10-23)22-16(12-26)7-15(11-24-2)8-17(22)13-27;9-5-6(10)8(14)4(2-12)3(1-11)7(5)13/h6-9,24,26-27H,11-13H2,1-5H3;13-14H/q+1;/p-1. The van der Waals surface area contributed by atoms with Crippen LogP contribution in [0.4, 0.5) is 0 Å². The summed E-state index contributed by atoms with van der Waals surface area (Å²) in [5.41, 5.74) is 4.64. The van der Waals surface area contributed by atoms with Gasteiger partial charge in [-0.15, -0.1) is 0 Å². The Bertz CT molecular complexity index is 1580. The number of allylic oxidation sites excluding steroid dienone is 4. The Morgan fingerprint density at radius 1 is 1.02 bits per heavy atom. The average molecular weight is 610 g/mol. The van der Waals surface area contributed by atoms with E-state index in [1.807, 2.05) is 56.9 Å². The van der Waals surface area contributed by atoms with E-state index in [0.29, 0.717) is 40.1 Å². The van der Waals surface area contributed by atoms with Crippen LogP contribution in [0.2, 0.25) is 10.0 Å². The molecule has 0 radical (unpaired) electrons. The maximum Gasteiger partial charge on any atom is 0.203 e. The van der Waals surface area contributed by atoms with Crippen molar-refractivity contribution in [3.8, 4) is 29.7 Å². The lowest BCUT2D eigenvalue weighted by molar-refractivity contribution is -0.462. The molecule has 0 fully saturated rings. The smallest absolute Gasteiger partial charge is 0.203 e. The second-order valence-electron chi connectivity index (χ2n) is 9.14. The van der Waals surface area contributed by atoms with Gasteiger partial charge in [0.05, 0.1) is 42.6 Å². The van der Waals surface area contributed by atoms with Crippen molar-refractivity contribution in [2.45, 2.75) is 26.7 Å². The van der Waals surface area contributed by atoms with Gasteiger partial charge in [0.1, 0.15) is 48.6 Å². The topological polar surface area (TPSA) is 179 Å². The molecule has 0 bridgehead atoms. The molecule has 1 aliphatic carbocycles. The molecule has 0 heterocycles. The summed E-state index contributed by atoms with van der Waals surface area (Å²) >= 11 is 10.9. The van der Waals surface area contributed by atoms with Crippen molar-refractivity contribution >= 4 is 34.5 Å². The van der Waals surface area contributed by atoms with Crippen LogP contribution in [0.3, 0.4) is 0 Å². The fraction of sp³-hybridized carbons (Fsp3) is 0.267. The molecule has 0 aromatic heterocycles. The van der Waals surface area contributed by atoms with Crippen molar-refractivity contribution < 1.29 is 29.7 Å². The van der Waals surface area contributed by atoms with E-state index in [4.69, 9.17) is 38.5 Å². The van der Waals surface area contributed by atoms with Crippen molar-refractivity contribution in [1.82, 2.24) is 5.32 Å². The minimum Gasteiger partial charge on any atom is -0.871 e. The zero-order valence-electron chi connectivity index (χ0n) is 23.6. The van der Waals surface area contributed by atoms with Crippen molar-refractivity contribution in [2.75, 3.05) is 28.3 Å². The molecule has 0 aliphatic heterocycles. The number of nitriles is 3. The van der Waals surface area contributed by atoms with E-state index < -0.39 is 32.7 Å². The number of hydrogen-bond acceptors (Lipinski definition) is 9. The number of aromatic hydroxyl groups is 1. The van der Waals surface area contributed by atoms with E-state index in [1.54, 1.807) is 7.11 Å². The number of aliphatic hydroxyl groups is 2. The number of phenolic OH excluding ortho intramolecular Hbond substituents is 1. The van der Waals surface area contributed by atoms with Crippen LogP contribution < -0.4 is 10.4 Å². The van der Waals surface area contributed by atoms with Gasteiger partial charge < -0.3 is 30.5 Å². The van der Waals surface area contributed by atoms with Crippen LogP contribution in [0.25, 0.3) is 5.57 Å². The van der Waals surface area contributed by atoms with Crippen molar-refractivity contribution in [2.24, 2.45) is 0 Å². The largest absolute Gasteiger partial charge is 0.871 e. The van der Waals surface area contributed by atoms with Crippen LogP contribution in [-0.2, 0) is 24.5 Å². The zero-order chi connectivity index (χ0) is 31.7. The molecule has 0 saturated heterocycles. The van der Waals surface area contributed by atoms with Crippen molar-refractivity contribution in [3.05, 3.63) is 84.6 Å². The average Bonchev–Trinajstić information content (AvgIpc) is 2.98. The van der Waals surface area contributed by atoms with Crippen LogP contribution in [0, 0.1) is 34.0 Å². The Kier molecular flexibility index (Phi) is 12.1. The van der Waals surface area contributed by atoms with E-state index in [9.17, 15) is 25.7 Å². The third-order valence-electron chi connectivity index (χ3n) is 6.25. The van der Waals surface area contributed by atoms with Gasteiger partial charge >= 0.3 is 0 Å². The van der Waals surface area contributed by atoms with E-state index in [0.717, 1.165) is 16.8 Å². The molecule has 4 N–H and O–H groups in total. The van der Waals surface area contributed by atoms with Gasteiger partial charge in [0, 0.05) is 23.8 Å². The van der Waals surface area contributed by atoms with Gasteiger partial charge in [-0.2, -0.15) is 15.8 Å². The predicted molar refractivity (Wildman–Crippen MR) is 157 cm³/mol. The summed E-state index contributed by atoms with van der Waals surface area (Å²) in [6.45, 7) is 2.06. The van der Waals surface area contributed by atoms with E-state index in [1.165, 1.54) is 12.1 Å². The molecule has 1 aliphatic rings. The molecule has 0 saturated carbocycles. The van der Waals surface area contributed by atoms with Crippen LogP contribution >= 0.6 is 23.2 Å². The SMILES string of the molecule is CNCc1cc(CO)c(C(C#N)=C2C(C)=CC(=[N+](C)C)C=C2OC)c(CO)c1.N#Cc1c([O-])c(Cl)c(Cl)c(O)c1C#N. The van der Waals surface area contributed by atoms with E-state index >= 15 is 0 Å². The number of rotatable bonds is 6. The number of ether oxygens (including phenoxy) is 1. The molecule has 0 spiro atoms. The first-order chi connectivity index (χ1) is 19.9. The highest BCUT2D eigenvalue weighted by molar-refractivity contribution is 6.44. The summed E-state index contributed by atoms with van der Waals surface area (Å²) in [4.78, 5) is 0. The highest BCUT2D eigenvalue weighted by Crippen LogP contribution is 2.42. The van der Waals surface area contributed by atoms with E-state index in [2.05, 4.69) is 11.4 Å². The molecule has 3 rings (SSSR count). The van der Waals surface area contributed by atoms with Gasteiger partial charge in [0.15, 0.2) is 5.75 Å². The monoisotopic (exact) mass is 609 g/mol. The Morgan fingerprint density at radius 3 is 2.02 bits per heavy atom. The Hall–Kier alpha value is -4.34. The number of aliphatic hydroxyl groups excluding tert-OH is 2. The third kappa shape index (κ3) is 6.92. The van der Waals surface area contributed by atoms with E-state index in [-0.39, 0.29) is 13.2 Å². The summed E-state index contributed by atoms with van der Waals surface area (Å²) in [6, 6.07) is 9.00. The number of benzene rings is 2. The van der Waals surface area contributed by atoms with Crippen molar-refractivity contribution in [1.29, 1.82) is 15.8 Å². The van der Waals surface area contributed by atoms with Gasteiger partial charge in [-0.25, -0.2) is 4.58 Å². The van der Waals surface area contributed by atoms with Gasteiger partial charge in [-0.05, 0) is 36.2 Å². The lowest BCUT2D eigenvalue weighted by Gasteiger charge is -2.21. The molecule has 2 aromatic rings. The van der Waals surface area contributed by atoms with Gasteiger partial charge in [0.25, 0.3) is 0 Å². The first kappa shape index (κ1) is 33.9. The fourth-order valence-electron chi connectivity index (χ4n) is 4.30. The number of halogens is 2. The summed E-state index contributed by atoms with van der Waals surface area (Å²) in [7, 11) is 7.29. The molecule has 218 valence electrons. The molecular formula is C30H29Cl2N5O5. The first-order valence-electron chi connectivity index (χ1n) is 12.3. The Morgan fingerprint density at radius 2 is 1.60 bits per heavy atom. The number of phenols is 1. The maximum atomic E-state index is 11.3. The second kappa shape index (κ2) is 15.0. The second-order valence-corrected chi connectivity index (χ2v) is 9.89. The lowest BCUT2D eigenvalue weighted by atomic mass is 9.85. The number of hydrogen-bond donors (Lipinski definition) is 4. The minimum atomic E-state index is -0.853. The number of nitrogens with one attached hydrogen (secondary N) is 1. The molecule has 12 heteroatoms. The molecule has 10 nitrogen and oxygen atoms in total. The molecule has 0 amide bonds. The molecule has 0 atom stereocenters. The summed E-state index contributed by atoms with van der Waals surface area (Å²) in [5.74, 6) is -0.920. The van der Waals surface area contributed by atoms with Gasteiger partial charge in [-0.1, -0.05) is 41.1 Å². The van der Waals surface area contributed by atoms with Crippen LogP contribution in [0.1, 0.15) is 40.3 Å². The van der Waals surface area contributed by atoms with Gasteiger partial charge in [-0.3, -0.25) is 0 Å². The first-order valence-corrected chi connectivity index (χ1v) is 13.1. The van der Waals surface area contributed by atoms with Crippen LogP contribution in [-0.4, -0.2) is 53.9 Å². The molecule has 2 aromatic carbocycles. The van der Waals surface area contributed by atoms with Crippen LogP contribution in [0.5, 0.6) is 11.5 Å². The predicted octanol–water partition coefficient (Wildman–Crippen LogP) is 3.39. The Balaban J connectivity index is 0.000000369. The number of methoxy groups -OCH3 is 1. The quantitative estimate of drug-likeness (QED) is 0.282. The summed E-state index contributed by atoms with van der Waals surface area (Å²) in [5, 5.41) is 69.8. The maximum absolute atomic E-state index is 11.3. The highest BCUT2D eigenvalue weighted by Gasteiger charge is 2.26. The number of nitrogens with zero attached hydrogens (tertiary/aromatic N) is 4. The molecular weight excluding hydrogens is 581 g/mol. The third-order valence-corrected chi connectivity index (χ3v) is 7.08. The highest BCUT2D eigenvalue weighted by atomic mass is 35.5. The Labute approximate surface area is 254 Å². The van der Waals surface area contributed by atoms with Gasteiger partial charge in [0.2, 0.25) is 5.71 Å². The summed E-state index contributed by atoms with van der Waals surface area (Å²) < 4.78 is 7.57. The minimum absolute atomic E-state index is 0.234. The summed E-state index contributed by atoms with van der Waals surface area (Å²) in [6.07, 6.45) is 3.87. The molecule has 0 unspecified atom stereocenters. The normalized spacial score (nSPS) is 13.4. The van der Waals surface area contributed by atoms with Crippen molar-refractivity contribution in [3.63, 3.8) is 0 Å². The zero-order valence-corrected chi connectivity index (χ0v) is 25.1. The lowest BCUT2D eigenvalue weighted by Crippen LogP contribution is -2.16. The molecule has 42 heavy (non-hydrogen) atoms. The fourth-order valence-corrected chi connectivity index (χ4v) is 4.66.